The van der Waals surface area contributed by atoms with Gasteiger partial charge in [0.05, 0.1) is 7.11 Å². The first-order valence-corrected chi connectivity index (χ1v) is 5.14. The highest BCUT2D eigenvalue weighted by atomic mass is 19.1. The Hall–Kier alpha value is -1.05. The summed E-state index contributed by atoms with van der Waals surface area (Å²) in [5.41, 5.74) is 0.864. The fourth-order valence-electron chi connectivity index (χ4n) is 2.20. The van der Waals surface area contributed by atoms with Crippen LogP contribution in [-0.4, -0.2) is 7.11 Å². The third-order valence-electron chi connectivity index (χ3n) is 3.00. The van der Waals surface area contributed by atoms with Gasteiger partial charge in [0.2, 0.25) is 0 Å². The van der Waals surface area contributed by atoms with Gasteiger partial charge in [0.15, 0.2) is 0 Å². The highest BCUT2D eigenvalue weighted by molar-refractivity contribution is 5.31. The minimum absolute atomic E-state index is 0.115. The molecule has 0 bridgehead atoms. The van der Waals surface area contributed by atoms with E-state index in [-0.39, 0.29) is 5.82 Å². The van der Waals surface area contributed by atoms with E-state index in [2.05, 4.69) is 0 Å². The van der Waals surface area contributed by atoms with Crippen molar-refractivity contribution >= 4 is 0 Å². The molecule has 0 heterocycles. The van der Waals surface area contributed by atoms with E-state index >= 15 is 0 Å². The second-order valence-corrected chi connectivity index (χ2v) is 3.87. The molecule has 1 saturated carbocycles. The summed E-state index contributed by atoms with van der Waals surface area (Å²) in [6.07, 6.45) is 4.72. The molecule has 1 aliphatic rings. The third kappa shape index (κ3) is 1.74. The van der Waals surface area contributed by atoms with Gasteiger partial charge in [-0.2, -0.15) is 0 Å². The minimum Gasteiger partial charge on any atom is -0.497 e. The molecule has 1 fully saturated rings. The Kier molecular flexibility index (Phi) is 2.71. The lowest BCUT2D eigenvalue weighted by atomic mass is 9.97. The molecule has 76 valence electrons. The van der Waals surface area contributed by atoms with Crippen molar-refractivity contribution in [3.05, 3.63) is 29.6 Å². The molecular weight excluding hydrogens is 179 g/mol. The first-order valence-electron chi connectivity index (χ1n) is 5.14. The van der Waals surface area contributed by atoms with Gasteiger partial charge >= 0.3 is 0 Å². The van der Waals surface area contributed by atoms with Crippen molar-refractivity contribution in [1.29, 1.82) is 0 Å². The average Bonchev–Trinajstić information content (AvgIpc) is 2.70. The van der Waals surface area contributed by atoms with Crippen LogP contribution in [0.1, 0.15) is 37.2 Å². The third-order valence-corrected chi connectivity index (χ3v) is 3.00. The molecule has 1 aliphatic carbocycles. The van der Waals surface area contributed by atoms with Crippen LogP contribution in [0.3, 0.4) is 0 Å². The Balaban J connectivity index is 2.25. The Morgan fingerprint density at radius 2 is 2.00 bits per heavy atom. The maximum Gasteiger partial charge on any atom is 0.130 e. The average molecular weight is 194 g/mol. The highest BCUT2D eigenvalue weighted by Gasteiger charge is 2.20. The molecule has 0 saturated heterocycles. The molecular formula is C12H15FO. The van der Waals surface area contributed by atoms with Crippen LogP contribution in [0.5, 0.6) is 5.75 Å². The number of halogens is 1. The van der Waals surface area contributed by atoms with Gasteiger partial charge < -0.3 is 4.74 Å². The lowest BCUT2D eigenvalue weighted by molar-refractivity contribution is 0.410. The summed E-state index contributed by atoms with van der Waals surface area (Å²) in [6.45, 7) is 0. The predicted octanol–water partition coefficient (Wildman–Crippen LogP) is 3.49. The molecule has 0 unspecified atom stereocenters. The van der Waals surface area contributed by atoms with Crippen LogP contribution in [-0.2, 0) is 0 Å². The zero-order valence-electron chi connectivity index (χ0n) is 8.42. The van der Waals surface area contributed by atoms with Gasteiger partial charge in [-0.1, -0.05) is 18.9 Å². The van der Waals surface area contributed by atoms with Crippen LogP contribution in [0, 0.1) is 5.82 Å². The summed E-state index contributed by atoms with van der Waals surface area (Å²) in [5, 5.41) is 0. The first-order chi connectivity index (χ1) is 6.81. The standard InChI is InChI=1S/C12H15FO/c1-14-10-6-7-11(12(13)8-10)9-4-2-3-5-9/h6-9H,2-5H2,1H3. The monoisotopic (exact) mass is 194 g/mol. The first kappa shape index (κ1) is 9.50. The maximum atomic E-state index is 13.6. The zero-order chi connectivity index (χ0) is 9.97. The summed E-state index contributed by atoms with van der Waals surface area (Å²) in [5.74, 6) is 0.918. The molecule has 0 N–H and O–H groups in total. The second-order valence-electron chi connectivity index (χ2n) is 3.87. The van der Waals surface area contributed by atoms with E-state index in [9.17, 15) is 4.39 Å². The van der Waals surface area contributed by atoms with Gasteiger partial charge in [0, 0.05) is 6.07 Å². The number of ether oxygens (including phenoxy) is 1. The normalized spacial score (nSPS) is 17.3. The fourth-order valence-corrected chi connectivity index (χ4v) is 2.20. The molecule has 0 atom stereocenters. The molecule has 0 amide bonds. The molecule has 14 heavy (non-hydrogen) atoms. The molecule has 1 nitrogen and oxygen atoms in total. The number of methoxy groups -OCH3 is 1. The smallest absolute Gasteiger partial charge is 0.130 e. The van der Waals surface area contributed by atoms with Crippen LogP contribution in [0.15, 0.2) is 18.2 Å². The molecule has 0 spiro atoms. The van der Waals surface area contributed by atoms with Crippen LogP contribution in [0.4, 0.5) is 4.39 Å². The molecule has 1 aromatic rings. The molecule has 0 aromatic heterocycles. The van der Waals surface area contributed by atoms with Crippen molar-refractivity contribution in [3.63, 3.8) is 0 Å². The van der Waals surface area contributed by atoms with Gasteiger partial charge in [-0.15, -0.1) is 0 Å². The van der Waals surface area contributed by atoms with E-state index in [4.69, 9.17) is 4.74 Å². The SMILES string of the molecule is COc1ccc(C2CCCC2)c(F)c1. The summed E-state index contributed by atoms with van der Waals surface area (Å²) in [4.78, 5) is 0. The summed E-state index contributed by atoms with van der Waals surface area (Å²) >= 11 is 0. The molecule has 2 heteroatoms. The summed E-state index contributed by atoms with van der Waals surface area (Å²) in [6, 6.07) is 5.19. The van der Waals surface area contributed by atoms with Crippen molar-refractivity contribution in [2.75, 3.05) is 7.11 Å². The lowest BCUT2D eigenvalue weighted by Gasteiger charge is -2.11. The van der Waals surface area contributed by atoms with Crippen LogP contribution in [0.2, 0.25) is 0 Å². The summed E-state index contributed by atoms with van der Waals surface area (Å²) in [7, 11) is 1.56. The van der Waals surface area contributed by atoms with E-state index in [1.54, 1.807) is 7.11 Å². The fraction of sp³-hybridized carbons (Fsp3) is 0.500. The van der Waals surface area contributed by atoms with E-state index in [1.165, 1.54) is 18.9 Å². The molecule has 2 rings (SSSR count). The number of hydrogen-bond acceptors (Lipinski definition) is 1. The minimum atomic E-state index is -0.115. The van der Waals surface area contributed by atoms with Gasteiger partial charge in [0.1, 0.15) is 11.6 Å². The highest BCUT2D eigenvalue weighted by Crippen LogP contribution is 2.36. The largest absolute Gasteiger partial charge is 0.497 e. The van der Waals surface area contributed by atoms with Crippen molar-refractivity contribution in [3.8, 4) is 5.75 Å². The Morgan fingerprint density at radius 3 is 2.57 bits per heavy atom. The van der Waals surface area contributed by atoms with E-state index in [0.717, 1.165) is 18.4 Å². The van der Waals surface area contributed by atoms with Gasteiger partial charge in [-0.25, -0.2) is 4.39 Å². The second kappa shape index (κ2) is 3.99. The molecule has 0 aliphatic heterocycles. The number of benzene rings is 1. The van der Waals surface area contributed by atoms with Crippen LogP contribution >= 0.6 is 0 Å². The van der Waals surface area contributed by atoms with Crippen molar-refractivity contribution < 1.29 is 9.13 Å². The van der Waals surface area contributed by atoms with Crippen molar-refractivity contribution in [1.82, 2.24) is 0 Å². The lowest BCUT2D eigenvalue weighted by Crippen LogP contribution is -1.97. The van der Waals surface area contributed by atoms with Crippen LogP contribution in [0.25, 0.3) is 0 Å². The Labute approximate surface area is 83.9 Å². The van der Waals surface area contributed by atoms with Crippen LogP contribution < -0.4 is 4.74 Å². The zero-order valence-corrected chi connectivity index (χ0v) is 8.42. The van der Waals surface area contributed by atoms with Gasteiger partial charge in [-0.05, 0) is 30.4 Å². The van der Waals surface area contributed by atoms with Crippen molar-refractivity contribution in [2.24, 2.45) is 0 Å². The maximum absolute atomic E-state index is 13.6. The Bertz CT molecular complexity index is 316. The van der Waals surface area contributed by atoms with Gasteiger partial charge in [-0.3, -0.25) is 0 Å². The Morgan fingerprint density at radius 1 is 1.29 bits per heavy atom. The van der Waals surface area contributed by atoms with E-state index in [1.807, 2.05) is 12.1 Å². The van der Waals surface area contributed by atoms with Gasteiger partial charge in [0.25, 0.3) is 0 Å². The topological polar surface area (TPSA) is 9.23 Å². The van der Waals surface area contributed by atoms with E-state index < -0.39 is 0 Å². The van der Waals surface area contributed by atoms with E-state index in [0.29, 0.717) is 11.7 Å². The molecule has 1 aromatic carbocycles. The predicted molar refractivity (Wildman–Crippen MR) is 54.2 cm³/mol. The quantitative estimate of drug-likeness (QED) is 0.700. The number of hydrogen-bond donors (Lipinski definition) is 0. The van der Waals surface area contributed by atoms with Crippen molar-refractivity contribution in [2.45, 2.75) is 31.6 Å². The number of rotatable bonds is 2. The molecule has 0 radical (unpaired) electrons. The summed E-state index contributed by atoms with van der Waals surface area (Å²) < 4.78 is 18.6.